The average Bonchev–Trinajstić information content (AvgIpc) is 2.52. The minimum atomic E-state index is -0.0926. The summed E-state index contributed by atoms with van der Waals surface area (Å²) in [6.45, 7) is 3.62. The van der Waals surface area contributed by atoms with Crippen LogP contribution >= 0.6 is 0 Å². The van der Waals surface area contributed by atoms with E-state index in [1.54, 1.807) is 31.4 Å². The molecule has 0 fully saturated rings. The van der Waals surface area contributed by atoms with Gasteiger partial charge in [-0.3, -0.25) is 4.79 Å². The highest BCUT2D eigenvalue weighted by atomic mass is 16.5. The molecule has 0 saturated carbocycles. The number of ether oxygens (including phenoxy) is 2. The highest BCUT2D eigenvalue weighted by Gasteiger charge is 2.12. The van der Waals surface area contributed by atoms with Crippen LogP contribution in [0.2, 0.25) is 0 Å². The zero-order valence-electron chi connectivity index (χ0n) is 12.9. The zero-order chi connectivity index (χ0) is 15.5. The summed E-state index contributed by atoms with van der Waals surface area (Å²) in [5, 5.41) is 2.96. The number of methoxy groups -OCH3 is 1. The maximum atomic E-state index is 12.1. The van der Waals surface area contributed by atoms with E-state index in [4.69, 9.17) is 15.2 Å². The lowest BCUT2D eigenvalue weighted by atomic mass is 10.1. The highest BCUT2D eigenvalue weighted by Crippen LogP contribution is 2.12. The number of nitrogens with two attached hydrogens (primary N) is 1. The molecule has 0 aliphatic rings. The summed E-state index contributed by atoms with van der Waals surface area (Å²) in [6.07, 6.45) is 3.07. The van der Waals surface area contributed by atoms with Crippen molar-refractivity contribution in [3.63, 3.8) is 0 Å². The molecule has 0 aromatic heterocycles. The molecule has 5 nitrogen and oxygen atoms in total. The average molecular weight is 294 g/mol. The second-order valence-electron chi connectivity index (χ2n) is 4.91. The first-order valence-electron chi connectivity index (χ1n) is 7.44. The number of amides is 1. The highest BCUT2D eigenvalue weighted by molar-refractivity contribution is 5.94. The van der Waals surface area contributed by atoms with Crippen molar-refractivity contribution in [3.8, 4) is 5.75 Å². The molecule has 0 spiro atoms. The Hall–Kier alpha value is -1.59. The Morgan fingerprint density at radius 3 is 2.57 bits per heavy atom. The van der Waals surface area contributed by atoms with Gasteiger partial charge in [-0.05, 0) is 30.7 Å². The first-order valence-corrected chi connectivity index (χ1v) is 7.44. The van der Waals surface area contributed by atoms with E-state index >= 15 is 0 Å². The monoisotopic (exact) mass is 294 g/mol. The molecule has 0 bridgehead atoms. The SMILES string of the molecule is CCCCC(CN)NC(=O)c1ccc(OCCOC)cc1. The van der Waals surface area contributed by atoms with Gasteiger partial charge in [0.1, 0.15) is 12.4 Å². The fraction of sp³-hybridized carbons (Fsp3) is 0.562. The van der Waals surface area contributed by atoms with Crippen LogP contribution in [0.5, 0.6) is 5.75 Å². The molecule has 21 heavy (non-hydrogen) atoms. The molecule has 1 aromatic rings. The lowest BCUT2D eigenvalue weighted by Gasteiger charge is -2.16. The fourth-order valence-corrected chi connectivity index (χ4v) is 1.91. The van der Waals surface area contributed by atoms with Gasteiger partial charge in [0.25, 0.3) is 5.91 Å². The largest absolute Gasteiger partial charge is 0.491 e. The van der Waals surface area contributed by atoms with Gasteiger partial charge in [-0.25, -0.2) is 0 Å². The predicted molar refractivity (Wildman–Crippen MR) is 83.6 cm³/mol. The zero-order valence-corrected chi connectivity index (χ0v) is 12.9. The standard InChI is InChI=1S/C16H26N2O3/c1-3-4-5-14(12-17)18-16(19)13-6-8-15(9-7-13)21-11-10-20-2/h6-9,14H,3-5,10-12,17H2,1-2H3,(H,18,19). The van der Waals surface area contributed by atoms with Crippen LogP contribution in [-0.2, 0) is 4.74 Å². The van der Waals surface area contributed by atoms with Gasteiger partial charge < -0.3 is 20.5 Å². The van der Waals surface area contributed by atoms with E-state index in [0.29, 0.717) is 25.3 Å². The summed E-state index contributed by atoms with van der Waals surface area (Å²) in [6, 6.07) is 7.12. The molecule has 1 rings (SSSR count). The molecular formula is C16H26N2O3. The van der Waals surface area contributed by atoms with Crippen LogP contribution in [0.1, 0.15) is 36.5 Å². The van der Waals surface area contributed by atoms with Crippen molar-refractivity contribution in [2.75, 3.05) is 26.9 Å². The summed E-state index contributed by atoms with van der Waals surface area (Å²) in [5.41, 5.74) is 6.30. The molecule has 118 valence electrons. The Bertz CT molecular complexity index is 406. The van der Waals surface area contributed by atoms with Crippen molar-refractivity contribution in [2.45, 2.75) is 32.2 Å². The number of rotatable bonds is 10. The summed E-state index contributed by atoms with van der Waals surface area (Å²) in [7, 11) is 1.63. The van der Waals surface area contributed by atoms with E-state index in [2.05, 4.69) is 12.2 Å². The minimum absolute atomic E-state index is 0.0371. The molecule has 0 radical (unpaired) electrons. The van der Waals surface area contributed by atoms with Crippen LogP contribution in [0.4, 0.5) is 0 Å². The molecule has 1 unspecified atom stereocenters. The minimum Gasteiger partial charge on any atom is -0.491 e. The fourth-order valence-electron chi connectivity index (χ4n) is 1.91. The third-order valence-electron chi connectivity index (χ3n) is 3.20. The molecule has 0 aliphatic carbocycles. The van der Waals surface area contributed by atoms with Gasteiger partial charge in [-0.2, -0.15) is 0 Å². The maximum Gasteiger partial charge on any atom is 0.251 e. The van der Waals surface area contributed by atoms with Gasteiger partial charge in [0.2, 0.25) is 0 Å². The van der Waals surface area contributed by atoms with E-state index in [1.165, 1.54) is 0 Å². The van der Waals surface area contributed by atoms with Crippen molar-refractivity contribution in [1.29, 1.82) is 0 Å². The molecule has 0 aliphatic heterocycles. The van der Waals surface area contributed by atoms with Gasteiger partial charge in [-0.1, -0.05) is 19.8 Å². The summed E-state index contributed by atoms with van der Waals surface area (Å²) in [5.74, 6) is 0.634. The number of hydrogen-bond donors (Lipinski definition) is 2. The number of carbonyl (C=O) groups excluding carboxylic acids is 1. The Labute approximate surface area is 126 Å². The Balaban J connectivity index is 2.49. The van der Waals surface area contributed by atoms with Crippen molar-refractivity contribution in [1.82, 2.24) is 5.32 Å². The number of unbranched alkanes of at least 4 members (excludes halogenated alkanes) is 1. The molecule has 1 atom stereocenters. The van der Waals surface area contributed by atoms with E-state index in [1.807, 2.05) is 0 Å². The summed E-state index contributed by atoms with van der Waals surface area (Å²) < 4.78 is 10.4. The smallest absolute Gasteiger partial charge is 0.251 e. The first kappa shape index (κ1) is 17.5. The van der Waals surface area contributed by atoms with Gasteiger partial charge in [0.05, 0.1) is 6.61 Å². The maximum absolute atomic E-state index is 12.1. The normalized spacial score (nSPS) is 12.0. The summed E-state index contributed by atoms with van der Waals surface area (Å²) in [4.78, 5) is 12.1. The lowest BCUT2D eigenvalue weighted by Crippen LogP contribution is -2.40. The molecule has 1 amide bonds. The molecular weight excluding hydrogens is 268 g/mol. The molecule has 1 aromatic carbocycles. The Kier molecular flexibility index (Phi) is 8.47. The van der Waals surface area contributed by atoms with Crippen LogP contribution < -0.4 is 15.8 Å². The Morgan fingerprint density at radius 2 is 2.00 bits per heavy atom. The van der Waals surface area contributed by atoms with Crippen LogP contribution in [0, 0.1) is 0 Å². The van der Waals surface area contributed by atoms with Crippen molar-refractivity contribution in [3.05, 3.63) is 29.8 Å². The van der Waals surface area contributed by atoms with Crippen LogP contribution in [0.15, 0.2) is 24.3 Å². The first-order chi connectivity index (χ1) is 10.2. The third kappa shape index (κ3) is 6.60. The van der Waals surface area contributed by atoms with Crippen molar-refractivity contribution >= 4 is 5.91 Å². The Morgan fingerprint density at radius 1 is 1.29 bits per heavy atom. The predicted octanol–water partition coefficient (Wildman–Crippen LogP) is 1.96. The van der Waals surface area contributed by atoms with Gasteiger partial charge in [-0.15, -0.1) is 0 Å². The van der Waals surface area contributed by atoms with Crippen LogP contribution in [0.25, 0.3) is 0 Å². The van der Waals surface area contributed by atoms with Gasteiger partial charge >= 0.3 is 0 Å². The van der Waals surface area contributed by atoms with E-state index in [9.17, 15) is 4.79 Å². The van der Waals surface area contributed by atoms with Crippen LogP contribution in [0.3, 0.4) is 0 Å². The molecule has 3 N–H and O–H groups in total. The van der Waals surface area contributed by atoms with Crippen molar-refractivity contribution in [2.24, 2.45) is 5.73 Å². The van der Waals surface area contributed by atoms with E-state index in [0.717, 1.165) is 25.0 Å². The van der Waals surface area contributed by atoms with Gasteiger partial charge in [0, 0.05) is 25.3 Å². The van der Waals surface area contributed by atoms with Crippen molar-refractivity contribution < 1.29 is 14.3 Å². The number of carbonyl (C=O) groups is 1. The number of hydrogen-bond acceptors (Lipinski definition) is 4. The van der Waals surface area contributed by atoms with Crippen LogP contribution in [-0.4, -0.2) is 38.8 Å². The number of nitrogens with one attached hydrogen (secondary N) is 1. The molecule has 0 heterocycles. The number of benzene rings is 1. The van der Waals surface area contributed by atoms with Gasteiger partial charge in [0.15, 0.2) is 0 Å². The quantitative estimate of drug-likeness (QED) is 0.647. The molecule has 5 heteroatoms. The second kappa shape index (κ2) is 10.2. The third-order valence-corrected chi connectivity index (χ3v) is 3.20. The summed E-state index contributed by atoms with van der Waals surface area (Å²) >= 11 is 0. The topological polar surface area (TPSA) is 73.6 Å². The lowest BCUT2D eigenvalue weighted by molar-refractivity contribution is 0.0935. The second-order valence-corrected chi connectivity index (χ2v) is 4.91. The molecule has 0 saturated heterocycles. The van der Waals surface area contributed by atoms with E-state index in [-0.39, 0.29) is 11.9 Å². The van der Waals surface area contributed by atoms with E-state index < -0.39 is 0 Å².